The molecule has 0 saturated heterocycles. The normalized spacial score (nSPS) is 11.0. The predicted octanol–water partition coefficient (Wildman–Crippen LogP) is 0.877. The summed E-state index contributed by atoms with van der Waals surface area (Å²) < 4.78 is 37.1. The number of nitrogens with zero attached hydrogens (tertiary/aromatic N) is 2. The molecule has 0 atom stereocenters. The van der Waals surface area contributed by atoms with E-state index < -0.39 is 10.0 Å². The van der Waals surface area contributed by atoms with Gasteiger partial charge >= 0.3 is 0 Å². The molecule has 0 radical (unpaired) electrons. The van der Waals surface area contributed by atoms with Gasteiger partial charge in [-0.25, -0.2) is 23.1 Å². The van der Waals surface area contributed by atoms with Crippen molar-refractivity contribution in [1.82, 2.24) is 9.97 Å². The highest BCUT2D eigenvalue weighted by Gasteiger charge is 2.23. The van der Waals surface area contributed by atoms with Gasteiger partial charge in [-0.05, 0) is 12.1 Å². The van der Waals surface area contributed by atoms with Crippen molar-refractivity contribution < 1.29 is 17.9 Å². The number of hydrogen-bond acceptors (Lipinski definition) is 7. The molecular formula is C12H14N4O4S. The molecule has 1 aromatic heterocycles. The van der Waals surface area contributed by atoms with Crippen molar-refractivity contribution in [3.05, 3.63) is 30.6 Å². The number of nitrogens with one attached hydrogen (secondary N) is 1. The monoisotopic (exact) mass is 310 g/mol. The molecule has 2 rings (SSSR count). The van der Waals surface area contributed by atoms with Crippen LogP contribution in [-0.2, 0) is 10.0 Å². The zero-order valence-electron chi connectivity index (χ0n) is 11.4. The van der Waals surface area contributed by atoms with Gasteiger partial charge in [-0.3, -0.25) is 0 Å². The van der Waals surface area contributed by atoms with Gasteiger partial charge in [0.25, 0.3) is 10.0 Å². The van der Waals surface area contributed by atoms with Crippen LogP contribution in [0.15, 0.2) is 35.5 Å². The van der Waals surface area contributed by atoms with Crippen molar-refractivity contribution >= 4 is 21.7 Å². The first-order chi connectivity index (χ1) is 9.97. The molecule has 0 amide bonds. The first kappa shape index (κ1) is 14.9. The number of anilines is 2. The summed E-state index contributed by atoms with van der Waals surface area (Å²) in [5.74, 6) is 0.375. The van der Waals surface area contributed by atoms with Crippen molar-refractivity contribution in [2.75, 3.05) is 24.7 Å². The summed E-state index contributed by atoms with van der Waals surface area (Å²) in [6, 6.07) is 4.22. The van der Waals surface area contributed by atoms with E-state index in [1.807, 2.05) is 0 Å². The molecule has 21 heavy (non-hydrogen) atoms. The summed E-state index contributed by atoms with van der Waals surface area (Å²) in [5.41, 5.74) is 5.92. The first-order valence-corrected chi connectivity index (χ1v) is 7.27. The Morgan fingerprint density at radius 2 is 1.71 bits per heavy atom. The fourth-order valence-electron chi connectivity index (χ4n) is 1.63. The zero-order chi connectivity index (χ0) is 15.5. The number of nitrogen functional groups attached to an aromatic ring is 1. The van der Waals surface area contributed by atoms with E-state index in [2.05, 4.69) is 14.7 Å². The number of sulfonamides is 1. The number of hydrogen-bond donors (Lipinski definition) is 2. The average Bonchev–Trinajstić information content (AvgIpc) is 2.47. The van der Waals surface area contributed by atoms with Gasteiger partial charge in [0.05, 0.1) is 19.9 Å². The average molecular weight is 310 g/mol. The van der Waals surface area contributed by atoms with Crippen molar-refractivity contribution in [3.8, 4) is 11.5 Å². The van der Waals surface area contributed by atoms with E-state index in [0.29, 0.717) is 5.75 Å². The van der Waals surface area contributed by atoms with Crippen molar-refractivity contribution in [1.29, 1.82) is 0 Å². The van der Waals surface area contributed by atoms with E-state index in [-0.39, 0.29) is 22.3 Å². The molecule has 9 heteroatoms. The molecule has 0 bridgehead atoms. The summed E-state index contributed by atoms with van der Waals surface area (Å²) in [5, 5.41) is 0. The lowest BCUT2D eigenvalue weighted by molar-refractivity contribution is 0.387. The molecule has 2 aromatic rings. The Kier molecular flexibility index (Phi) is 4.13. The van der Waals surface area contributed by atoms with Crippen molar-refractivity contribution in [2.45, 2.75) is 4.90 Å². The maximum atomic E-state index is 12.4. The van der Waals surface area contributed by atoms with Gasteiger partial charge < -0.3 is 15.2 Å². The van der Waals surface area contributed by atoms with Crippen LogP contribution in [0.5, 0.6) is 11.5 Å². The topological polar surface area (TPSA) is 116 Å². The Balaban J connectivity index is 2.47. The minimum atomic E-state index is -3.94. The maximum Gasteiger partial charge on any atom is 0.267 e. The van der Waals surface area contributed by atoms with Crippen LogP contribution in [0.3, 0.4) is 0 Å². The minimum Gasteiger partial charge on any atom is -0.495 e. The van der Waals surface area contributed by atoms with E-state index in [9.17, 15) is 8.42 Å². The summed E-state index contributed by atoms with van der Waals surface area (Å²) in [6.07, 6.45) is 2.84. The molecule has 0 aliphatic carbocycles. The standard InChI is InChI=1S/C12H14N4O4S/c1-19-9-7-10(20-2)11(6-8(9)13)21(17,18)16-12-14-4-3-5-15-12/h3-7H,13H2,1-2H3,(H,14,15,16). The maximum absolute atomic E-state index is 12.4. The number of ether oxygens (including phenoxy) is 2. The third-order valence-corrected chi connectivity index (χ3v) is 3.95. The van der Waals surface area contributed by atoms with E-state index in [1.54, 1.807) is 6.07 Å². The first-order valence-electron chi connectivity index (χ1n) is 5.79. The Morgan fingerprint density at radius 1 is 1.10 bits per heavy atom. The van der Waals surface area contributed by atoms with E-state index in [4.69, 9.17) is 15.2 Å². The summed E-state index contributed by atoms with van der Waals surface area (Å²) in [4.78, 5) is 7.48. The van der Waals surface area contributed by atoms with Gasteiger partial charge in [-0.15, -0.1) is 0 Å². The van der Waals surface area contributed by atoms with Crippen molar-refractivity contribution in [3.63, 3.8) is 0 Å². The van der Waals surface area contributed by atoms with Crippen LogP contribution in [0.4, 0.5) is 11.6 Å². The van der Waals surface area contributed by atoms with Crippen LogP contribution in [0.1, 0.15) is 0 Å². The van der Waals surface area contributed by atoms with Gasteiger partial charge in [-0.1, -0.05) is 0 Å². The van der Waals surface area contributed by atoms with Crippen LogP contribution >= 0.6 is 0 Å². The van der Waals surface area contributed by atoms with E-state index >= 15 is 0 Å². The lowest BCUT2D eigenvalue weighted by atomic mass is 10.3. The Labute approximate surface area is 122 Å². The molecule has 0 fully saturated rings. The third-order valence-electron chi connectivity index (χ3n) is 2.60. The minimum absolute atomic E-state index is 0.0473. The molecule has 112 valence electrons. The fourth-order valence-corrected chi connectivity index (χ4v) is 2.78. The fraction of sp³-hybridized carbons (Fsp3) is 0.167. The van der Waals surface area contributed by atoms with Gasteiger partial charge in [-0.2, -0.15) is 0 Å². The van der Waals surface area contributed by atoms with E-state index in [1.165, 1.54) is 38.7 Å². The highest BCUT2D eigenvalue weighted by molar-refractivity contribution is 7.92. The molecule has 8 nitrogen and oxygen atoms in total. The van der Waals surface area contributed by atoms with Gasteiger partial charge in [0.15, 0.2) is 0 Å². The number of benzene rings is 1. The zero-order valence-corrected chi connectivity index (χ0v) is 12.2. The van der Waals surface area contributed by atoms with Crippen molar-refractivity contribution in [2.24, 2.45) is 0 Å². The second-order valence-electron chi connectivity index (χ2n) is 3.92. The molecular weight excluding hydrogens is 296 g/mol. The second-order valence-corrected chi connectivity index (χ2v) is 5.57. The molecule has 0 aliphatic rings. The lowest BCUT2D eigenvalue weighted by Gasteiger charge is -2.13. The Hall–Kier alpha value is -2.55. The van der Waals surface area contributed by atoms with Crippen LogP contribution in [0, 0.1) is 0 Å². The van der Waals surface area contributed by atoms with Crippen LogP contribution in [0.25, 0.3) is 0 Å². The predicted molar refractivity (Wildman–Crippen MR) is 76.8 cm³/mol. The number of methoxy groups -OCH3 is 2. The lowest BCUT2D eigenvalue weighted by Crippen LogP contribution is -2.16. The Bertz CT molecular complexity index is 734. The number of nitrogens with two attached hydrogens (primary N) is 1. The van der Waals surface area contributed by atoms with E-state index in [0.717, 1.165) is 0 Å². The second kappa shape index (κ2) is 5.83. The third kappa shape index (κ3) is 3.14. The quantitative estimate of drug-likeness (QED) is 0.787. The molecule has 0 saturated carbocycles. The highest BCUT2D eigenvalue weighted by atomic mass is 32.2. The summed E-state index contributed by atoms with van der Waals surface area (Å²) >= 11 is 0. The van der Waals surface area contributed by atoms with Gasteiger partial charge in [0.2, 0.25) is 5.95 Å². The molecule has 1 aromatic carbocycles. The highest BCUT2D eigenvalue weighted by Crippen LogP contribution is 2.34. The molecule has 0 unspecified atom stereocenters. The van der Waals surface area contributed by atoms with Crippen LogP contribution < -0.4 is 19.9 Å². The van der Waals surface area contributed by atoms with Gasteiger partial charge in [0.1, 0.15) is 16.4 Å². The van der Waals surface area contributed by atoms with Gasteiger partial charge in [0, 0.05) is 18.5 Å². The smallest absolute Gasteiger partial charge is 0.267 e. The molecule has 0 spiro atoms. The van der Waals surface area contributed by atoms with Crippen LogP contribution in [0.2, 0.25) is 0 Å². The number of aromatic nitrogens is 2. The molecule has 3 N–H and O–H groups in total. The van der Waals surface area contributed by atoms with Crippen LogP contribution in [-0.4, -0.2) is 32.6 Å². The molecule has 0 aliphatic heterocycles. The Morgan fingerprint density at radius 3 is 2.29 bits per heavy atom. The summed E-state index contributed by atoms with van der Waals surface area (Å²) in [7, 11) is -1.16. The molecule has 1 heterocycles. The largest absolute Gasteiger partial charge is 0.495 e. The SMILES string of the molecule is COc1cc(OC)c(S(=O)(=O)Nc2ncccn2)cc1N. The summed E-state index contributed by atoms with van der Waals surface area (Å²) in [6.45, 7) is 0. The number of rotatable bonds is 5.